The van der Waals surface area contributed by atoms with Crippen LogP contribution in [0.5, 0.6) is 0 Å². The van der Waals surface area contributed by atoms with E-state index in [0.717, 1.165) is 5.56 Å². The predicted octanol–water partition coefficient (Wildman–Crippen LogP) is 1.55. The Morgan fingerprint density at radius 1 is 1.50 bits per heavy atom. The lowest BCUT2D eigenvalue weighted by Gasteiger charge is -2.14. The smallest absolute Gasteiger partial charge is 0.237 e. The lowest BCUT2D eigenvalue weighted by Crippen LogP contribution is -2.41. The van der Waals surface area contributed by atoms with Gasteiger partial charge in [0.05, 0.1) is 17.7 Å². The van der Waals surface area contributed by atoms with Crippen molar-refractivity contribution in [3.8, 4) is 6.07 Å². The zero-order valence-electron chi connectivity index (χ0n) is 10.8. The Labute approximate surface area is 108 Å². The van der Waals surface area contributed by atoms with Crippen molar-refractivity contribution in [1.82, 2.24) is 5.32 Å². The molecule has 96 valence electrons. The number of rotatable bonds is 5. The van der Waals surface area contributed by atoms with Gasteiger partial charge in [0.1, 0.15) is 0 Å². The topological polar surface area (TPSA) is 78.9 Å². The molecule has 1 amide bonds. The highest BCUT2D eigenvalue weighted by Crippen LogP contribution is 2.05. The van der Waals surface area contributed by atoms with Crippen molar-refractivity contribution >= 4 is 5.91 Å². The lowest BCUT2D eigenvalue weighted by atomic mass is 10.0. The summed E-state index contributed by atoms with van der Waals surface area (Å²) >= 11 is 0. The van der Waals surface area contributed by atoms with E-state index in [1.54, 1.807) is 18.2 Å². The number of nitrogens with two attached hydrogens (primary N) is 1. The summed E-state index contributed by atoms with van der Waals surface area (Å²) in [6, 6.07) is 8.76. The van der Waals surface area contributed by atoms with Crippen LogP contribution in [0.15, 0.2) is 24.3 Å². The molecule has 4 nitrogen and oxygen atoms in total. The van der Waals surface area contributed by atoms with E-state index in [-0.39, 0.29) is 5.91 Å². The van der Waals surface area contributed by atoms with E-state index >= 15 is 0 Å². The second-order valence-electron chi connectivity index (χ2n) is 4.77. The molecular weight excluding hydrogens is 226 g/mol. The summed E-state index contributed by atoms with van der Waals surface area (Å²) in [5.41, 5.74) is 7.27. The van der Waals surface area contributed by atoms with E-state index in [1.165, 1.54) is 0 Å². The van der Waals surface area contributed by atoms with Gasteiger partial charge in [0.2, 0.25) is 5.91 Å². The van der Waals surface area contributed by atoms with Gasteiger partial charge in [-0.05, 0) is 30.0 Å². The number of hydrogen-bond donors (Lipinski definition) is 2. The van der Waals surface area contributed by atoms with Gasteiger partial charge >= 0.3 is 0 Å². The number of amides is 1. The molecule has 3 N–H and O–H groups in total. The zero-order valence-corrected chi connectivity index (χ0v) is 10.8. The minimum atomic E-state index is -0.468. The van der Waals surface area contributed by atoms with Crippen molar-refractivity contribution in [2.24, 2.45) is 11.7 Å². The van der Waals surface area contributed by atoms with Crippen LogP contribution in [0.25, 0.3) is 0 Å². The maximum absolute atomic E-state index is 11.7. The number of nitriles is 1. The Kier molecular flexibility index (Phi) is 5.34. The van der Waals surface area contributed by atoms with Crippen LogP contribution in [0.4, 0.5) is 0 Å². The van der Waals surface area contributed by atoms with Crippen LogP contribution in [0.2, 0.25) is 0 Å². The monoisotopic (exact) mass is 245 g/mol. The quantitative estimate of drug-likeness (QED) is 0.826. The minimum absolute atomic E-state index is 0.147. The maximum Gasteiger partial charge on any atom is 0.237 e. The second kappa shape index (κ2) is 6.77. The van der Waals surface area contributed by atoms with Crippen LogP contribution >= 0.6 is 0 Å². The van der Waals surface area contributed by atoms with Crippen LogP contribution < -0.4 is 11.1 Å². The molecule has 4 heteroatoms. The van der Waals surface area contributed by atoms with E-state index in [9.17, 15) is 4.79 Å². The van der Waals surface area contributed by atoms with Crippen molar-refractivity contribution in [1.29, 1.82) is 5.26 Å². The van der Waals surface area contributed by atoms with E-state index in [1.807, 2.05) is 19.9 Å². The summed E-state index contributed by atoms with van der Waals surface area (Å²) in [5, 5.41) is 11.6. The minimum Gasteiger partial charge on any atom is -0.351 e. The molecule has 1 aromatic carbocycles. The summed E-state index contributed by atoms with van der Waals surface area (Å²) in [6.07, 6.45) is 0.671. The van der Waals surface area contributed by atoms with Gasteiger partial charge in [-0.1, -0.05) is 26.0 Å². The summed E-state index contributed by atoms with van der Waals surface area (Å²) < 4.78 is 0. The van der Waals surface area contributed by atoms with Crippen LogP contribution in [-0.2, 0) is 11.3 Å². The number of nitrogens with zero attached hydrogens (tertiary/aromatic N) is 1. The SMILES string of the molecule is CC(C)CC(N)C(=O)NCc1cccc(C#N)c1. The van der Waals surface area contributed by atoms with E-state index < -0.39 is 6.04 Å². The first-order chi connectivity index (χ1) is 8.52. The Balaban J connectivity index is 2.49. The molecule has 0 aliphatic heterocycles. The fourth-order valence-electron chi connectivity index (χ4n) is 1.69. The fourth-order valence-corrected chi connectivity index (χ4v) is 1.69. The number of carbonyl (C=O) groups excluding carboxylic acids is 1. The van der Waals surface area contributed by atoms with Crippen LogP contribution in [0.3, 0.4) is 0 Å². The van der Waals surface area contributed by atoms with Gasteiger partial charge < -0.3 is 11.1 Å². The van der Waals surface area contributed by atoms with E-state index in [4.69, 9.17) is 11.0 Å². The third-order valence-electron chi connectivity index (χ3n) is 2.58. The summed E-state index contributed by atoms with van der Waals surface area (Å²) in [6.45, 7) is 4.47. The lowest BCUT2D eigenvalue weighted by molar-refractivity contribution is -0.122. The van der Waals surface area contributed by atoms with Gasteiger partial charge in [-0.15, -0.1) is 0 Å². The highest BCUT2D eigenvalue weighted by molar-refractivity contribution is 5.81. The Hall–Kier alpha value is -1.86. The third kappa shape index (κ3) is 4.56. The van der Waals surface area contributed by atoms with Gasteiger partial charge in [-0.3, -0.25) is 4.79 Å². The average Bonchev–Trinajstić information content (AvgIpc) is 2.35. The Bertz CT molecular complexity index is 449. The summed E-state index contributed by atoms with van der Waals surface area (Å²) in [4.78, 5) is 11.7. The second-order valence-corrected chi connectivity index (χ2v) is 4.77. The molecule has 0 fully saturated rings. The molecule has 0 saturated carbocycles. The number of benzene rings is 1. The molecule has 1 unspecified atom stereocenters. The van der Waals surface area contributed by atoms with Crippen molar-refractivity contribution < 1.29 is 4.79 Å². The summed E-state index contributed by atoms with van der Waals surface area (Å²) in [7, 11) is 0. The Morgan fingerprint density at radius 2 is 2.22 bits per heavy atom. The molecule has 0 spiro atoms. The molecular formula is C14H19N3O. The molecule has 0 aliphatic carbocycles. The predicted molar refractivity (Wildman–Crippen MR) is 70.4 cm³/mol. The van der Waals surface area contributed by atoms with Gasteiger partial charge in [0.15, 0.2) is 0 Å². The fraction of sp³-hybridized carbons (Fsp3) is 0.429. The molecule has 1 aromatic rings. The van der Waals surface area contributed by atoms with Gasteiger partial charge in [-0.25, -0.2) is 0 Å². The molecule has 1 atom stereocenters. The van der Waals surface area contributed by atoms with Gasteiger partial charge in [0.25, 0.3) is 0 Å². The largest absolute Gasteiger partial charge is 0.351 e. The molecule has 0 bridgehead atoms. The summed E-state index contributed by atoms with van der Waals surface area (Å²) in [5.74, 6) is 0.249. The molecule has 0 radical (unpaired) electrons. The number of nitrogens with one attached hydrogen (secondary N) is 1. The molecule has 18 heavy (non-hydrogen) atoms. The van der Waals surface area contributed by atoms with Gasteiger partial charge in [0, 0.05) is 6.54 Å². The molecule has 0 heterocycles. The molecule has 0 aliphatic rings. The number of carbonyl (C=O) groups is 1. The Morgan fingerprint density at radius 3 is 2.83 bits per heavy atom. The van der Waals surface area contributed by atoms with Crippen LogP contribution in [-0.4, -0.2) is 11.9 Å². The third-order valence-corrected chi connectivity index (χ3v) is 2.58. The standard InChI is InChI=1S/C14H19N3O/c1-10(2)6-13(16)14(18)17-9-12-5-3-4-11(7-12)8-15/h3-5,7,10,13H,6,9,16H2,1-2H3,(H,17,18). The first kappa shape index (κ1) is 14.2. The van der Waals surface area contributed by atoms with E-state index in [0.29, 0.717) is 24.4 Å². The van der Waals surface area contributed by atoms with Crippen molar-refractivity contribution in [2.75, 3.05) is 0 Å². The molecule has 0 saturated heterocycles. The molecule has 1 rings (SSSR count). The van der Waals surface area contributed by atoms with Crippen molar-refractivity contribution in [2.45, 2.75) is 32.9 Å². The molecule has 0 aromatic heterocycles. The highest BCUT2D eigenvalue weighted by atomic mass is 16.2. The maximum atomic E-state index is 11.7. The first-order valence-corrected chi connectivity index (χ1v) is 6.05. The van der Waals surface area contributed by atoms with Gasteiger partial charge in [-0.2, -0.15) is 5.26 Å². The van der Waals surface area contributed by atoms with E-state index in [2.05, 4.69) is 11.4 Å². The average molecular weight is 245 g/mol. The van der Waals surface area contributed by atoms with Crippen molar-refractivity contribution in [3.05, 3.63) is 35.4 Å². The number of hydrogen-bond acceptors (Lipinski definition) is 3. The first-order valence-electron chi connectivity index (χ1n) is 6.05. The van der Waals surface area contributed by atoms with Crippen LogP contribution in [0.1, 0.15) is 31.4 Å². The highest BCUT2D eigenvalue weighted by Gasteiger charge is 2.14. The van der Waals surface area contributed by atoms with Crippen molar-refractivity contribution in [3.63, 3.8) is 0 Å². The normalized spacial score (nSPS) is 11.9. The van der Waals surface area contributed by atoms with Crippen LogP contribution in [0, 0.1) is 17.2 Å². The zero-order chi connectivity index (χ0) is 13.5.